The van der Waals surface area contributed by atoms with Gasteiger partial charge in [-0.25, -0.2) is 0 Å². The van der Waals surface area contributed by atoms with Gasteiger partial charge in [-0.2, -0.15) is 5.10 Å². The molecular formula is C18H20N4O2. The first-order valence-corrected chi connectivity index (χ1v) is 8.07. The Bertz CT molecular complexity index is 882. The fourth-order valence-corrected chi connectivity index (χ4v) is 3.54. The molecule has 4 rings (SSSR count). The summed E-state index contributed by atoms with van der Waals surface area (Å²) < 4.78 is 7.43. The second-order valence-corrected chi connectivity index (χ2v) is 6.28. The Kier molecular flexibility index (Phi) is 3.61. The minimum atomic E-state index is -0.0110. The Labute approximate surface area is 140 Å². The molecule has 3 aromatic rings. The summed E-state index contributed by atoms with van der Waals surface area (Å²) in [7, 11) is 3.77. The monoisotopic (exact) mass is 324 g/mol. The molecule has 1 aliphatic heterocycles. The summed E-state index contributed by atoms with van der Waals surface area (Å²) in [4.78, 5) is 14.0. The number of carbonyl (C=O) groups excluding carboxylic acids is 1. The normalized spacial score (nSPS) is 21.1. The SMILES string of the molecule is CN1C(=O)C[C@@H](NCc2coc3ccccc23)[C@@H]1c1ccnn1C. The minimum absolute atomic E-state index is 0.0110. The second-order valence-electron chi connectivity index (χ2n) is 6.28. The maximum atomic E-state index is 12.2. The lowest BCUT2D eigenvalue weighted by atomic mass is 10.0. The Morgan fingerprint density at radius 2 is 2.12 bits per heavy atom. The highest BCUT2D eigenvalue weighted by molar-refractivity contribution is 5.81. The topological polar surface area (TPSA) is 63.3 Å². The van der Waals surface area contributed by atoms with E-state index in [1.807, 2.05) is 47.9 Å². The van der Waals surface area contributed by atoms with Crippen molar-refractivity contribution in [2.24, 2.45) is 7.05 Å². The van der Waals surface area contributed by atoms with Crippen LogP contribution in [0.25, 0.3) is 11.0 Å². The molecule has 1 fully saturated rings. The number of aromatic nitrogens is 2. The van der Waals surface area contributed by atoms with E-state index >= 15 is 0 Å². The van der Waals surface area contributed by atoms with Crippen molar-refractivity contribution in [3.05, 3.63) is 54.0 Å². The van der Waals surface area contributed by atoms with Crippen molar-refractivity contribution in [1.82, 2.24) is 20.0 Å². The van der Waals surface area contributed by atoms with E-state index in [0.717, 1.165) is 22.2 Å². The molecule has 3 heterocycles. The zero-order valence-electron chi connectivity index (χ0n) is 13.8. The van der Waals surface area contributed by atoms with Gasteiger partial charge in [0.1, 0.15) is 5.58 Å². The number of rotatable bonds is 4. The molecule has 0 radical (unpaired) electrons. The molecule has 0 spiro atoms. The number of furan rings is 1. The molecule has 0 aliphatic carbocycles. The van der Waals surface area contributed by atoms with E-state index in [0.29, 0.717) is 13.0 Å². The van der Waals surface area contributed by atoms with Crippen LogP contribution in [0.1, 0.15) is 23.7 Å². The van der Waals surface area contributed by atoms with Crippen LogP contribution in [-0.2, 0) is 18.4 Å². The number of likely N-dealkylation sites (N-methyl/N-ethyl adjacent to an activating group) is 1. The Morgan fingerprint density at radius 3 is 2.92 bits per heavy atom. The number of hydrogen-bond donors (Lipinski definition) is 1. The molecule has 1 aromatic carbocycles. The highest BCUT2D eigenvalue weighted by Crippen LogP contribution is 2.32. The number of amides is 1. The van der Waals surface area contributed by atoms with Crippen molar-refractivity contribution in [2.75, 3.05) is 7.05 Å². The zero-order valence-corrected chi connectivity index (χ0v) is 13.8. The van der Waals surface area contributed by atoms with Gasteiger partial charge in [0, 0.05) is 50.2 Å². The maximum absolute atomic E-state index is 12.2. The number of hydrogen-bond acceptors (Lipinski definition) is 4. The Morgan fingerprint density at radius 1 is 1.29 bits per heavy atom. The molecule has 0 saturated carbocycles. The number of nitrogens with zero attached hydrogens (tertiary/aromatic N) is 3. The van der Waals surface area contributed by atoms with Gasteiger partial charge in [0.15, 0.2) is 0 Å². The van der Waals surface area contributed by atoms with Crippen LogP contribution in [0.2, 0.25) is 0 Å². The third-order valence-corrected chi connectivity index (χ3v) is 4.86. The number of benzene rings is 1. The van der Waals surface area contributed by atoms with Crippen molar-refractivity contribution in [3.8, 4) is 0 Å². The average Bonchev–Trinajstić information content (AvgIpc) is 3.25. The van der Waals surface area contributed by atoms with Crippen LogP contribution in [0.15, 0.2) is 47.2 Å². The molecule has 1 amide bonds. The van der Waals surface area contributed by atoms with E-state index in [4.69, 9.17) is 4.42 Å². The first-order chi connectivity index (χ1) is 11.6. The van der Waals surface area contributed by atoms with Crippen molar-refractivity contribution in [3.63, 3.8) is 0 Å². The Balaban J connectivity index is 1.56. The quantitative estimate of drug-likeness (QED) is 0.799. The predicted octanol–water partition coefficient (Wildman–Crippen LogP) is 2.23. The summed E-state index contributed by atoms with van der Waals surface area (Å²) in [6.45, 7) is 0.664. The van der Waals surface area contributed by atoms with Gasteiger partial charge >= 0.3 is 0 Å². The molecule has 24 heavy (non-hydrogen) atoms. The first-order valence-electron chi connectivity index (χ1n) is 8.07. The number of aryl methyl sites for hydroxylation is 1. The number of carbonyl (C=O) groups is 1. The summed E-state index contributed by atoms with van der Waals surface area (Å²) in [6, 6.07) is 10.0. The molecule has 0 unspecified atom stereocenters. The van der Waals surface area contributed by atoms with Crippen LogP contribution in [0.5, 0.6) is 0 Å². The van der Waals surface area contributed by atoms with Crippen LogP contribution in [-0.4, -0.2) is 33.7 Å². The molecule has 2 aromatic heterocycles. The molecule has 1 N–H and O–H groups in total. The molecule has 124 valence electrons. The summed E-state index contributed by atoms with van der Waals surface area (Å²) in [5.41, 5.74) is 3.03. The number of nitrogens with one attached hydrogen (secondary N) is 1. The smallest absolute Gasteiger partial charge is 0.224 e. The highest BCUT2D eigenvalue weighted by Gasteiger charge is 2.39. The van der Waals surface area contributed by atoms with Gasteiger partial charge in [-0.3, -0.25) is 9.48 Å². The van der Waals surface area contributed by atoms with Crippen LogP contribution in [0.3, 0.4) is 0 Å². The molecule has 1 aliphatic rings. The van der Waals surface area contributed by atoms with Gasteiger partial charge < -0.3 is 14.6 Å². The van der Waals surface area contributed by atoms with Gasteiger partial charge in [0.25, 0.3) is 0 Å². The number of likely N-dealkylation sites (tertiary alicyclic amines) is 1. The molecular weight excluding hydrogens is 304 g/mol. The van der Waals surface area contributed by atoms with E-state index in [9.17, 15) is 4.79 Å². The maximum Gasteiger partial charge on any atom is 0.224 e. The standard InChI is InChI=1S/C18H20N4O2/c1-21-17(23)9-14(18(21)15-7-8-20-22(15)2)19-10-12-11-24-16-6-4-3-5-13(12)16/h3-8,11,14,18-19H,9-10H2,1-2H3/t14-,18-/m1/s1. The second kappa shape index (κ2) is 5.79. The van der Waals surface area contributed by atoms with E-state index in [2.05, 4.69) is 16.5 Å². The fourth-order valence-electron chi connectivity index (χ4n) is 3.54. The summed E-state index contributed by atoms with van der Waals surface area (Å²) in [6.07, 6.45) is 4.05. The number of fused-ring (bicyclic) bond motifs is 1. The lowest BCUT2D eigenvalue weighted by Gasteiger charge is -2.25. The largest absolute Gasteiger partial charge is 0.464 e. The summed E-state index contributed by atoms with van der Waals surface area (Å²) >= 11 is 0. The summed E-state index contributed by atoms with van der Waals surface area (Å²) in [5.74, 6) is 0.149. The molecule has 6 nitrogen and oxygen atoms in total. The van der Waals surface area contributed by atoms with Gasteiger partial charge in [0.2, 0.25) is 5.91 Å². The van der Waals surface area contributed by atoms with Gasteiger partial charge in [-0.15, -0.1) is 0 Å². The predicted molar refractivity (Wildman–Crippen MR) is 90.2 cm³/mol. The molecule has 2 atom stereocenters. The summed E-state index contributed by atoms with van der Waals surface area (Å²) in [5, 5.41) is 8.89. The average molecular weight is 324 g/mol. The van der Waals surface area contributed by atoms with E-state index < -0.39 is 0 Å². The van der Waals surface area contributed by atoms with Gasteiger partial charge in [-0.05, 0) is 12.1 Å². The van der Waals surface area contributed by atoms with Crippen molar-refractivity contribution in [1.29, 1.82) is 0 Å². The van der Waals surface area contributed by atoms with Crippen LogP contribution >= 0.6 is 0 Å². The number of para-hydroxylation sites is 1. The molecule has 1 saturated heterocycles. The Hall–Kier alpha value is -2.60. The van der Waals surface area contributed by atoms with Crippen LogP contribution < -0.4 is 5.32 Å². The third-order valence-electron chi connectivity index (χ3n) is 4.86. The van der Waals surface area contributed by atoms with E-state index in [1.54, 1.807) is 12.5 Å². The van der Waals surface area contributed by atoms with Crippen molar-refractivity contribution >= 4 is 16.9 Å². The van der Waals surface area contributed by atoms with Gasteiger partial charge in [0.05, 0.1) is 18.0 Å². The lowest BCUT2D eigenvalue weighted by molar-refractivity contribution is -0.127. The minimum Gasteiger partial charge on any atom is -0.464 e. The van der Waals surface area contributed by atoms with E-state index in [1.165, 1.54) is 0 Å². The fraction of sp³-hybridized carbons (Fsp3) is 0.333. The zero-order chi connectivity index (χ0) is 16.7. The first kappa shape index (κ1) is 15.0. The van der Waals surface area contributed by atoms with Crippen LogP contribution in [0.4, 0.5) is 0 Å². The van der Waals surface area contributed by atoms with Crippen molar-refractivity contribution < 1.29 is 9.21 Å². The highest BCUT2D eigenvalue weighted by atomic mass is 16.3. The third kappa shape index (κ3) is 2.39. The van der Waals surface area contributed by atoms with Crippen molar-refractivity contribution in [2.45, 2.75) is 25.0 Å². The van der Waals surface area contributed by atoms with Gasteiger partial charge in [-0.1, -0.05) is 18.2 Å². The van der Waals surface area contributed by atoms with Crippen LogP contribution in [0, 0.1) is 0 Å². The lowest BCUT2D eigenvalue weighted by Crippen LogP contribution is -2.35. The molecule has 6 heteroatoms. The van der Waals surface area contributed by atoms with E-state index in [-0.39, 0.29) is 18.0 Å². The molecule has 0 bridgehead atoms.